The minimum absolute atomic E-state index is 0.136. The maximum atomic E-state index is 13.3. The third-order valence-corrected chi connectivity index (χ3v) is 7.32. The van der Waals surface area contributed by atoms with Crippen molar-refractivity contribution in [3.8, 4) is 0 Å². The van der Waals surface area contributed by atoms with E-state index in [1.165, 1.54) is 17.2 Å². The highest BCUT2D eigenvalue weighted by Gasteiger charge is 2.62. The average Bonchev–Trinajstić information content (AvgIpc) is 3.43. The molecule has 13 heteroatoms. The number of tetrazole rings is 1. The Morgan fingerprint density at radius 3 is 2.62 bits per heavy atom. The number of nitrogens with one attached hydrogen (secondary N) is 2. The lowest BCUT2D eigenvalue weighted by Crippen LogP contribution is -2.63. The molecule has 0 aromatic carbocycles. The fourth-order valence-corrected chi connectivity index (χ4v) is 6.38. The molecule has 5 atom stereocenters. The summed E-state index contributed by atoms with van der Waals surface area (Å²) in [6.07, 6.45) is 9.10. The van der Waals surface area contributed by atoms with Crippen molar-refractivity contribution in [2.45, 2.75) is 57.5 Å². The summed E-state index contributed by atoms with van der Waals surface area (Å²) in [7, 11) is 0. The molecule has 4 fully saturated rings. The number of carbonyl (C=O) groups is 2. The molecule has 0 aliphatic heterocycles. The second-order valence-electron chi connectivity index (χ2n) is 9.71. The van der Waals surface area contributed by atoms with E-state index in [9.17, 15) is 19.7 Å². The van der Waals surface area contributed by atoms with Crippen LogP contribution in [0.5, 0.6) is 0 Å². The zero-order valence-electron chi connectivity index (χ0n) is 17.7. The summed E-state index contributed by atoms with van der Waals surface area (Å²) in [5.74, 6) is -0.242. The van der Waals surface area contributed by atoms with Crippen LogP contribution in [0.3, 0.4) is 0 Å². The molecule has 13 nitrogen and oxygen atoms in total. The predicted molar refractivity (Wildman–Crippen MR) is 107 cm³/mol. The summed E-state index contributed by atoms with van der Waals surface area (Å²) in [5, 5.41) is 27.0. The standard InChI is InChI=1S/C19H25N9O4/c1-12(8-26-9-15(7-21-26)27(31)32)16(29)23-24-17(30)18-3-13-2-14(4-18)6-19(5-13,10-18)28-22-11-20-25-28/h7,9,11-14H,2-6,8,10H2,1H3,(H,23,29)(H,24,30)/t12-,13-,14+,18?,19?/m0/s1. The highest BCUT2D eigenvalue weighted by molar-refractivity contribution is 5.87. The van der Waals surface area contributed by atoms with Crippen LogP contribution in [-0.4, -0.2) is 46.7 Å². The van der Waals surface area contributed by atoms with Crippen molar-refractivity contribution in [1.82, 2.24) is 40.8 Å². The third kappa shape index (κ3) is 3.41. The van der Waals surface area contributed by atoms with Crippen molar-refractivity contribution < 1.29 is 14.5 Å². The van der Waals surface area contributed by atoms with E-state index >= 15 is 0 Å². The lowest BCUT2D eigenvalue weighted by molar-refractivity contribution is -0.385. The van der Waals surface area contributed by atoms with Crippen LogP contribution in [0.25, 0.3) is 0 Å². The van der Waals surface area contributed by atoms with Crippen molar-refractivity contribution in [1.29, 1.82) is 0 Å². The number of hydrogen-bond donors (Lipinski definition) is 2. The molecule has 4 bridgehead atoms. The van der Waals surface area contributed by atoms with Gasteiger partial charge in [-0.3, -0.25) is 35.2 Å². The SMILES string of the molecule is C[C@@H](Cn1cc([N+](=O)[O-])cn1)C(=O)NNC(=O)C12C[C@H]3C[C@@H](C1)CC(n1ncnn1)(C3)C2. The molecule has 0 saturated heterocycles. The first-order chi connectivity index (χ1) is 15.3. The lowest BCUT2D eigenvalue weighted by atomic mass is 9.46. The Morgan fingerprint density at radius 2 is 2.00 bits per heavy atom. The van der Waals surface area contributed by atoms with Crippen LogP contribution >= 0.6 is 0 Å². The first-order valence-electron chi connectivity index (χ1n) is 10.8. The van der Waals surface area contributed by atoms with Gasteiger partial charge in [0.1, 0.15) is 12.4 Å². The number of hydrogen-bond acceptors (Lipinski definition) is 8. The maximum absolute atomic E-state index is 13.3. The molecule has 0 radical (unpaired) electrons. The summed E-state index contributed by atoms with van der Waals surface area (Å²) >= 11 is 0. The van der Waals surface area contributed by atoms with Crippen LogP contribution in [-0.2, 0) is 21.7 Å². The van der Waals surface area contributed by atoms with Gasteiger partial charge < -0.3 is 0 Å². The van der Waals surface area contributed by atoms with Crippen LogP contribution in [0.15, 0.2) is 18.7 Å². The minimum atomic E-state index is -0.559. The fraction of sp³-hybridized carbons (Fsp3) is 0.684. The molecule has 170 valence electrons. The van der Waals surface area contributed by atoms with Gasteiger partial charge in [0.25, 0.3) is 0 Å². The van der Waals surface area contributed by atoms with E-state index in [2.05, 4.69) is 31.4 Å². The van der Waals surface area contributed by atoms with Crippen LogP contribution in [0.1, 0.15) is 45.4 Å². The van der Waals surface area contributed by atoms with Crippen LogP contribution < -0.4 is 10.9 Å². The van der Waals surface area contributed by atoms with Gasteiger partial charge in [-0.15, -0.1) is 10.2 Å². The highest BCUT2D eigenvalue weighted by Crippen LogP contribution is 2.63. The second kappa shape index (κ2) is 7.35. The summed E-state index contributed by atoms with van der Waals surface area (Å²) in [4.78, 5) is 37.8. The second-order valence-corrected chi connectivity index (χ2v) is 9.71. The number of rotatable bonds is 6. The molecule has 2 heterocycles. The number of nitrogens with zero attached hydrogens (tertiary/aromatic N) is 7. The summed E-state index contributed by atoms with van der Waals surface area (Å²) < 4.78 is 1.35. The number of carbonyl (C=O) groups excluding carboxylic acids is 2. The number of nitro groups is 1. The van der Waals surface area contributed by atoms with Gasteiger partial charge in [0, 0.05) is 0 Å². The predicted octanol–water partition coefficient (Wildman–Crippen LogP) is 0.557. The fourth-order valence-electron chi connectivity index (χ4n) is 6.38. The first-order valence-corrected chi connectivity index (χ1v) is 10.8. The van der Waals surface area contributed by atoms with Gasteiger partial charge in [-0.25, -0.2) is 0 Å². The number of amides is 2. The van der Waals surface area contributed by atoms with E-state index in [1.807, 2.05) is 0 Å². The normalized spacial score (nSPS) is 31.3. The smallest absolute Gasteiger partial charge is 0.273 e. The molecule has 0 spiro atoms. The van der Waals surface area contributed by atoms with Crippen LogP contribution in [0.4, 0.5) is 5.69 Å². The number of aromatic nitrogens is 6. The summed E-state index contributed by atoms with van der Waals surface area (Å²) in [6, 6.07) is 0. The van der Waals surface area contributed by atoms with E-state index < -0.39 is 16.3 Å². The Labute approximate surface area is 183 Å². The summed E-state index contributed by atoms with van der Waals surface area (Å²) in [5.41, 5.74) is 4.21. The molecule has 32 heavy (non-hydrogen) atoms. The van der Waals surface area contributed by atoms with Gasteiger partial charge in [-0.1, -0.05) is 6.92 Å². The highest BCUT2D eigenvalue weighted by atomic mass is 16.6. The van der Waals surface area contributed by atoms with Gasteiger partial charge in [0.2, 0.25) is 11.8 Å². The van der Waals surface area contributed by atoms with E-state index in [0.717, 1.165) is 38.3 Å². The van der Waals surface area contributed by atoms with Gasteiger partial charge in [-0.05, 0) is 55.6 Å². The Hall–Kier alpha value is -3.38. The topological polar surface area (TPSA) is 163 Å². The van der Waals surface area contributed by atoms with Gasteiger partial charge in [0.05, 0.1) is 28.3 Å². The third-order valence-electron chi connectivity index (χ3n) is 7.32. The van der Waals surface area contributed by atoms with Crippen LogP contribution in [0.2, 0.25) is 0 Å². The molecule has 2 aromatic rings. The van der Waals surface area contributed by atoms with E-state index in [4.69, 9.17) is 0 Å². The van der Waals surface area contributed by atoms with Crippen molar-refractivity contribution in [2.24, 2.45) is 23.2 Å². The molecule has 2 unspecified atom stereocenters. The Balaban J connectivity index is 1.23. The molecule has 4 aliphatic carbocycles. The van der Waals surface area contributed by atoms with E-state index in [-0.39, 0.29) is 29.6 Å². The quantitative estimate of drug-likeness (QED) is 0.483. The van der Waals surface area contributed by atoms with E-state index in [0.29, 0.717) is 18.3 Å². The molecule has 6 rings (SSSR count). The lowest BCUT2D eigenvalue weighted by Gasteiger charge is -2.60. The van der Waals surface area contributed by atoms with Crippen molar-refractivity contribution in [2.75, 3.05) is 0 Å². The minimum Gasteiger partial charge on any atom is -0.273 e. The monoisotopic (exact) mass is 443 g/mol. The summed E-state index contributed by atoms with van der Waals surface area (Å²) in [6.45, 7) is 1.83. The van der Waals surface area contributed by atoms with Gasteiger partial charge in [0.15, 0.2) is 6.33 Å². The van der Waals surface area contributed by atoms with Gasteiger partial charge >= 0.3 is 5.69 Å². The molecule has 4 aliphatic rings. The van der Waals surface area contributed by atoms with Crippen molar-refractivity contribution in [3.05, 3.63) is 28.8 Å². The Morgan fingerprint density at radius 1 is 1.25 bits per heavy atom. The van der Waals surface area contributed by atoms with Gasteiger partial charge in [-0.2, -0.15) is 9.90 Å². The molecular formula is C19H25N9O4. The van der Waals surface area contributed by atoms with Crippen molar-refractivity contribution >= 4 is 17.5 Å². The van der Waals surface area contributed by atoms with Crippen molar-refractivity contribution in [3.63, 3.8) is 0 Å². The largest absolute Gasteiger partial charge is 0.306 e. The zero-order valence-corrected chi connectivity index (χ0v) is 17.7. The maximum Gasteiger partial charge on any atom is 0.306 e. The molecule has 2 amide bonds. The molecular weight excluding hydrogens is 418 g/mol. The Kier molecular flexibility index (Phi) is 4.71. The molecule has 2 aromatic heterocycles. The Bertz CT molecular complexity index is 1040. The average molecular weight is 443 g/mol. The van der Waals surface area contributed by atoms with E-state index in [1.54, 1.807) is 11.7 Å². The zero-order chi connectivity index (χ0) is 22.5. The van der Waals surface area contributed by atoms with Crippen LogP contribution in [0, 0.1) is 33.3 Å². The number of hydrazine groups is 1. The molecule has 2 N–H and O–H groups in total. The molecule has 4 saturated carbocycles. The first kappa shape index (κ1) is 20.5.